The van der Waals surface area contributed by atoms with Crippen molar-refractivity contribution >= 4 is 11.4 Å². The van der Waals surface area contributed by atoms with Crippen LogP contribution in [0.2, 0.25) is 0 Å². The van der Waals surface area contributed by atoms with Crippen LogP contribution in [0.5, 0.6) is 0 Å². The normalized spacial score (nSPS) is 15.6. The van der Waals surface area contributed by atoms with E-state index in [1.165, 1.54) is 6.07 Å². The van der Waals surface area contributed by atoms with Gasteiger partial charge in [0, 0.05) is 12.0 Å². The number of ketones is 1. The van der Waals surface area contributed by atoms with Gasteiger partial charge in [0.1, 0.15) is 0 Å². The lowest BCUT2D eigenvalue weighted by atomic mass is 9.98. The number of rotatable bonds is 4. The fourth-order valence-corrected chi connectivity index (χ4v) is 2.37. The van der Waals surface area contributed by atoms with Crippen LogP contribution in [0.1, 0.15) is 44.6 Å². The predicted molar refractivity (Wildman–Crippen MR) is 67.0 cm³/mol. The first-order chi connectivity index (χ1) is 8.63. The summed E-state index contributed by atoms with van der Waals surface area (Å²) < 4.78 is 26.1. The van der Waals surface area contributed by atoms with Gasteiger partial charge in [-0.2, -0.15) is 0 Å². The van der Waals surface area contributed by atoms with Crippen molar-refractivity contribution in [3.8, 4) is 0 Å². The van der Waals surface area contributed by atoms with E-state index in [9.17, 15) is 13.6 Å². The summed E-state index contributed by atoms with van der Waals surface area (Å²) in [6.07, 6.45) is 4.20. The monoisotopic (exact) mass is 250 g/mol. The van der Waals surface area contributed by atoms with Crippen LogP contribution >= 0.6 is 0 Å². The van der Waals surface area contributed by atoms with E-state index in [2.05, 4.69) is 6.92 Å². The number of hydrogen-bond acceptors (Lipinski definition) is 1. The molecule has 0 spiro atoms. The Kier molecular flexibility index (Phi) is 3.90. The molecule has 3 heteroatoms. The van der Waals surface area contributed by atoms with Gasteiger partial charge in [-0.15, -0.1) is 0 Å². The third-order valence-electron chi connectivity index (χ3n) is 3.33. The number of allylic oxidation sites excluding steroid dienone is 2. The second kappa shape index (κ2) is 5.42. The number of hydrogen-bond donors (Lipinski definition) is 0. The van der Waals surface area contributed by atoms with Gasteiger partial charge in [-0.3, -0.25) is 4.79 Å². The van der Waals surface area contributed by atoms with Crippen molar-refractivity contribution in [1.29, 1.82) is 0 Å². The summed E-state index contributed by atoms with van der Waals surface area (Å²) in [5.41, 5.74) is 2.22. The highest BCUT2D eigenvalue weighted by Gasteiger charge is 2.24. The maximum absolute atomic E-state index is 13.2. The Morgan fingerprint density at radius 1 is 1.17 bits per heavy atom. The Labute approximate surface area is 106 Å². The third-order valence-corrected chi connectivity index (χ3v) is 3.33. The maximum Gasteiger partial charge on any atom is 0.163 e. The van der Waals surface area contributed by atoms with Crippen molar-refractivity contribution in [2.24, 2.45) is 0 Å². The molecule has 0 radical (unpaired) electrons. The molecule has 0 N–H and O–H groups in total. The number of Topliss-reactive ketones (excluding diaryl/α,β-unsaturated/α-hetero) is 1. The number of halogens is 2. The van der Waals surface area contributed by atoms with Crippen LogP contribution in [0, 0.1) is 11.6 Å². The summed E-state index contributed by atoms with van der Waals surface area (Å²) in [6.45, 7) is 2.09. The summed E-state index contributed by atoms with van der Waals surface area (Å²) >= 11 is 0. The molecule has 1 aliphatic carbocycles. The zero-order valence-electron chi connectivity index (χ0n) is 10.4. The number of carbonyl (C=O) groups excluding carboxylic acids is 1. The highest BCUT2D eigenvalue weighted by molar-refractivity contribution is 6.23. The number of carbonyl (C=O) groups is 1. The minimum atomic E-state index is -0.894. The Balaban J connectivity index is 2.37. The van der Waals surface area contributed by atoms with E-state index in [0.717, 1.165) is 43.4 Å². The smallest absolute Gasteiger partial charge is 0.163 e. The summed E-state index contributed by atoms with van der Waals surface area (Å²) in [4.78, 5) is 11.9. The second-order valence-electron chi connectivity index (χ2n) is 4.63. The lowest BCUT2D eigenvalue weighted by Gasteiger charge is -2.07. The quantitative estimate of drug-likeness (QED) is 0.779. The van der Waals surface area contributed by atoms with Crippen LogP contribution in [0.15, 0.2) is 23.8 Å². The molecule has 0 saturated heterocycles. The lowest BCUT2D eigenvalue weighted by molar-refractivity contribution is -0.113. The fourth-order valence-electron chi connectivity index (χ4n) is 2.37. The van der Waals surface area contributed by atoms with Crippen LogP contribution in [0.4, 0.5) is 8.78 Å². The zero-order chi connectivity index (χ0) is 13.1. The van der Waals surface area contributed by atoms with Crippen molar-refractivity contribution < 1.29 is 13.6 Å². The maximum atomic E-state index is 13.2. The van der Waals surface area contributed by atoms with Crippen molar-refractivity contribution in [2.75, 3.05) is 0 Å². The van der Waals surface area contributed by atoms with E-state index in [0.29, 0.717) is 17.6 Å². The molecule has 0 fully saturated rings. The van der Waals surface area contributed by atoms with E-state index in [1.807, 2.05) is 0 Å². The van der Waals surface area contributed by atoms with E-state index in [-0.39, 0.29) is 5.78 Å². The first-order valence-corrected chi connectivity index (χ1v) is 6.34. The molecule has 1 aromatic carbocycles. The van der Waals surface area contributed by atoms with Gasteiger partial charge >= 0.3 is 0 Å². The summed E-state index contributed by atoms with van der Waals surface area (Å²) in [5, 5.41) is 0. The first kappa shape index (κ1) is 12.9. The van der Waals surface area contributed by atoms with E-state index in [1.54, 1.807) is 0 Å². The van der Waals surface area contributed by atoms with Crippen LogP contribution in [-0.4, -0.2) is 5.78 Å². The van der Waals surface area contributed by atoms with Crippen LogP contribution in [0.25, 0.3) is 5.57 Å². The molecule has 0 saturated carbocycles. The van der Waals surface area contributed by atoms with E-state index < -0.39 is 11.6 Å². The molecule has 1 aromatic rings. The minimum Gasteiger partial charge on any atom is -0.294 e. The summed E-state index contributed by atoms with van der Waals surface area (Å²) in [5.74, 6) is -1.72. The van der Waals surface area contributed by atoms with Crippen molar-refractivity contribution in [3.63, 3.8) is 0 Å². The van der Waals surface area contributed by atoms with Gasteiger partial charge in [0.25, 0.3) is 0 Å². The van der Waals surface area contributed by atoms with Crippen LogP contribution < -0.4 is 0 Å². The largest absolute Gasteiger partial charge is 0.294 e. The van der Waals surface area contributed by atoms with Crippen LogP contribution in [0.3, 0.4) is 0 Å². The van der Waals surface area contributed by atoms with Gasteiger partial charge in [-0.1, -0.05) is 25.0 Å². The SMILES string of the molecule is CCCCC1=C(c2ccc(F)c(F)c2)C(=O)CC1. The molecule has 1 nitrogen and oxygen atoms in total. The average Bonchev–Trinajstić information content (AvgIpc) is 2.71. The summed E-state index contributed by atoms with van der Waals surface area (Å²) in [7, 11) is 0. The van der Waals surface area contributed by atoms with Crippen molar-refractivity contribution in [2.45, 2.75) is 39.0 Å². The van der Waals surface area contributed by atoms with Gasteiger partial charge in [-0.25, -0.2) is 8.78 Å². The molecule has 0 unspecified atom stereocenters. The molecule has 2 rings (SSSR count). The van der Waals surface area contributed by atoms with Gasteiger partial charge in [-0.05, 0) is 37.0 Å². The van der Waals surface area contributed by atoms with Crippen molar-refractivity contribution in [3.05, 3.63) is 41.0 Å². The molecule has 0 atom stereocenters. The van der Waals surface area contributed by atoms with E-state index in [4.69, 9.17) is 0 Å². The molecule has 96 valence electrons. The Hall–Kier alpha value is -1.51. The summed E-state index contributed by atoms with van der Waals surface area (Å²) in [6, 6.07) is 3.70. The van der Waals surface area contributed by atoms with Gasteiger partial charge in [0.15, 0.2) is 17.4 Å². The molecule has 0 bridgehead atoms. The minimum absolute atomic E-state index is 0.0483. The number of unbranched alkanes of at least 4 members (excludes halogenated alkanes) is 1. The molecular formula is C15H16F2O. The van der Waals surface area contributed by atoms with Crippen LogP contribution in [-0.2, 0) is 4.79 Å². The molecule has 0 aromatic heterocycles. The average molecular weight is 250 g/mol. The van der Waals surface area contributed by atoms with Gasteiger partial charge in [0.05, 0.1) is 0 Å². The first-order valence-electron chi connectivity index (χ1n) is 6.34. The molecule has 18 heavy (non-hydrogen) atoms. The second-order valence-corrected chi connectivity index (χ2v) is 4.63. The molecule has 0 heterocycles. The third kappa shape index (κ3) is 2.50. The Morgan fingerprint density at radius 3 is 2.61 bits per heavy atom. The van der Waals surface area contributed by atoms with Gasteiger partial charge < -0.3 is 0 Å². The number of benzene rings is 1. The molecule has 1 aliphatic rings. The Morgan fingerprint density at radius 2 is 1.94 bits per heavy atom. The topological polar surface area (TPSA) is 17.1 Å². The molecular weight excluding hydrogens is 234 g/mol. The lowest BCUT2D eigenvalue weighted by Crippen LogP contribution is -1.98. The van der Waals surface area contributed by atoms with Crippen molar-refractivity contribution in [1.82, 2.24) is 0 Å². The fraction of sp³-hybridized carbons (Fsp3) is 0.400. The van der Waals surface area contributed by atoms with Gasteiger partial charge in [0.2, 0.25) is 0 Å². The molecule has 0 aliphatic heterocycles. The van der Waals surface area contributed by atoms with E-state index >= 15 is 0 Å². The zero-order valence-corrected chi connectivity index (χ0v) is 10.4. The molecule has 0 amide bonds. The highest BCUT2D eigenvalue weighted by Crippen LogP contribution is 2.34. The standard InChI is InChI=1S/C15H16F2O/c1-2-3-4-10-6-8-14(18)15(10)11-5-7-12(16)13(17)9-11/h5,7,9H,2-4,6,8H2,1H3. The predicted octanol–water partition coefficient (Wildman–Crippen LogP) is 4.27. The Bertz CT molecular complexity index is 503. The highest BCUT2D eigenvalue weighted by atomic mass is 19.2.